The lowest BCUT2D eigenvalue weighted by Gasteiger charge is -2.19. The average Bonchev–Trinajstić information content (AvgIpc) is 3.66. The first kappa shape index (κ1) is 27.2. The number of rotatable bonds is 4. The molecule has 2 unspecified atom stereocenters. The quantitative estimate of drug-likeness (QED) is 0.186. The molecule has 0 saturated heterocycles. The van der Waals surface area contributed by atoms with Crippen molar-refractivity contribution in [1.29, 1.82) is 0 Å². The van der Waals surface area contributed by atoms with Crippen LogP contribution in [0.1, 0.15) is 45.2 Å². The number of fused-ring (bicyclic) bond motifs is 7. The lowest BCUT2D eigenvalue weighted by atomic mass is 9.83. The summed E-state index contributed by atoms with van der Waals surface area (Å²) in [5.74, 6) is 0.381. The predicted molar refractivity (Wildman–Crippen MR) is 200 cm³/mol. The highest BCUT2D eigenvalue weighted by molar-refractivity contribution is 5.97. The third kappa shape index (κ3) is 4.16. The normalized spacial score (nSPS) is 15.5. The van der Waals surface area contributed by atoms with Gasteiger partial charge in [0, 0.05) is 11.8 Å². The second-order valence-corrected chi connectivity index (χ2v) is 13.2. The third-order valence-corrected chi connectivity index (χ3v) is 10.6. The van der Waals surface area contributed by atoms with E-state index in [-0.39, 0.29) is 11.8 Å². The van der Waals surface area contributed by atoms with Crippen molar-refractivity contribution in [3.63, 3.8) is 0 Å². The van der Waals surface area contributed by atoms with Gasteiger partial charge in [-0.15, -0.1) is 0 Å². The van der Waals surface area contributed by atoms with E-state index in [2.05, 4.69) is 182 Å². The van der Waals surface area contributed by atoms with Crippen LogP contribution in [0.3, 0.4) is 0 Å². The van der Waals surface area contributed by atoms with Crippen molar-refractivity contribution in [2.24, 2.45) is 0 Å². The van der Waals surface area contributed by atoms with Crippen LogP contribution in [0.2, 0.25) is 0 Å². The minimum atomic E-state index is 0.155. The molecule has 10 rings (SSSR count). The molecule has 8 aromatic rings. The molecule has 8 aromatic carbocycles. The van der Waals surface area contributed by atoms with E-state index >= 15 is 0 Å². The highest BCUT2D eigenvalue weighted by Crippen LogP contribution is 2.55. The summed E-state index contributed by atoms with van der Waals surface area (Å²) in [5.41, 5.74) is 18.7. The summed E-state index contributed by atoms with van der Waals surface area (Å²) in [7, 11) is 0. The monoisotopic (exact) mass is 608 g/mol. The molecule has 0 N–H and O–H groups in total. The molecule has 0 nitrogen and oxygen atoms in total. The van der Waals surface area contributed by atoms with Crippen LogP contribution in [-0.4, -0.2) is 0 Å². The van der Waals surface area contributed by atoms with Gasteiger partial charge in [-0.3, -0.25) is 0 Å². The second kappa shape index (κ2) is 10.8. The first-order valence-electron chi connectivity index (χ1n) is 16.9. The van der Waals surface area contributed by atoms with E-state index in [4.69, 9.17) is 0 Å². The highest BCUT2D eigenvalue weighted by atomic mass is 14.4. The van der Waals surface area contributed by atoms with Crippen molar-refractivity contribution < 1.29 is 0 Å². The zero-order valence-electron chi connectivity index (χ0n) is 26.5. The van der Waals surface area contributed by atoms with E-state index in [1.54, 1.807) is 0 Å². The Labute approximate surface area is 281 Å². The Kier molecular flexibility index (Phi) is 6.11. The van der Waals surface area contributed by atoms with E-state index in [9.17, 15) is 0 Å². The summed E-state index contributed by atoms with van der Waals surface area (Å²) in [6.45, 7) is 0. The lowest BCUT2D eigenvalue weighted by Crippen LogP contribution is -2.03. The summed E-state index contributed by atoms with van der Waals surface area (Å²) in [4.78, 5) is 0. The maximum Gasteiger partial charge on any atom is 0.0352 e. The average molecular weight is 609 g/mol. The molecule has 0 aliphatic heterocycles. The van der Waals surface area contributed by atoms with Crippen LogP contribution in [-0.2, 0) is 0 Å². The van der Waals surface area contributed by atoms with E-state index in [0.717, 1.165) is 0 Å². The fraction of sp³-hybridized carbons (Fsp3) is 0.0417. The van der Waals surface area contributed by atoms with Crippen LogP contribution < -0.4 is 0 Å². The Morgan fingerprint density at radius 3 is 1.38 bits per heavy atom. The van der Waals surface area contributed by atoms with Crippen LogP contribution in [0.15, 0.2) is 182 Å². The Hall–Kier alpha value is -5.98. The van der Waals surface area contributed by atoms with Gasteiger partial charge >= 0.3 is 0 Å². The van der Waals surface area contributed by atoms with Crippen LogP contribution >= 0.6 is 0 Å². The topological polar surface area (TPSA) is 0 Å². The van der Waals surface area contributed by atoms with E-state index in [1.807, 2.05) is 0 Å². The van der Waals surface area contributed by atoms with Crippen LogP contribution in [0, 0.1) is 0 Å². The van der Waals surface area contributed by atoms with Gasteiger partial charge in [0.15, 0.2) is 0 Å². The molecule has 2 atom stereocenters. The van der Waals surface area contributed by atoms with Crippen LogP contribution in [0.4, 0.5) is 0 Å². The number of hydrogen-bond donors (Lipinski definition) is 0. The Morgan fingerprint density at radius 2 is 0.729 bits per heavy atom. The fourth-order valence-electron chi connectivity index (χ4n) is 8.49. The van der Waals surface area contributed by atoms with Crippen LogP contribution in [0.5, 0.6) is 0 Å². The number of benzene rings is 8. The van der Waals surface area contributed by atoms with E-state index in [0.29, 0.717) is 0 Å². The highest BCUT2D eigenvalue weighted by Gasteiger charge is 2.36. The molecule has 0 radical (unpaired) electrons. The Balaban J connectivity index is 1.17. The van der Waals surface area contributed by atoms with Crippen molar-refractivity contribution in [2.45, 2.75) is 11.8 Å². The number of hydrogen-bond acceptors (Lipinski definition) is 0. The van der Waals surface area contributed by atoms with E-state index < -0.39 is 0 Å². The molecular formula is C48H32. The summed E-state index contributed by atoms with van der Waals surface area (Å²) in [6.07, 6.45) is 0. The molecule has 0 heteroatoms. The minimum absolute atomic E-state index is 0.155. The first-order chi connectivity index (χ1) is 23.8. The summed E-state index contributed by atoms with van der Waals surface area (Å²) in [5, 5.41) is 2.52. The van der Waals surface area contributed by atoms with Gasteiger partial charge in [-0.1, -0.05) is 164 Å². The van der Waals surface area contributed by atoms with Gasteiger partial charge in [-0.05, 0) is 107 Å². The van der Waals surface area contributed by atoms with Crippen molar-refractivity contribution in [2.75, 3.05) is 0 Å². The molecule has 2 aliphatic carbocycles. The smallest absolute Gasteiger partial charge is 0.0352 e. The molecule has 0 fully saturated rings. The van der Waals surface area contributed by atoms with Crippen molar-refractivity contribution >= 4 is 10.8 Å². The van der Waals surface area contributed by atoms with Gasteiger partial charge in [0.05, 0.1) is 0 Å². The zero-order valence-corrected chi connectivity index (χ0v) is 26.5. The SMILES string of the molecule is c1ccc(-c2cc3ccccc3cc2-c2cccc(C3c4ccccc4-c4cc5c(cc43)C(c3ccccc3)c3ccccc3-5)c2)cc1. The first-order valence-corrected chi connectivity index (χ1v) is 16.9. The molecule has 0 aromatic heterocycles. The fourth-order valence-corrected chi connectivity index (χ4v) is 8.49. The molecule has 48 heavy (non-hydrogen) atoms. The van der Waals surface area contributed by atoms with Crippen LogP contribution in [0.25, 0.3) is 55.3 Å². The molecule has 2 aliphatic rings. The molecule has 224 valence electrons. The van der Waals surface area contributed by atoms with Crippen molar-refractivity contribution in [3.8, 4) is 44.5 Å². The summed E-state index contributed by atoms with van der Waals surface area (Å²) in [6, 6.07) is 67.7. The zero-order chi connectivity index (χ0) is 31.6. The largest absolute Gasteiger partial charge is 0.0622 e. The van der Waals surface area contributed by atoms with Gasteiger partial charge in [0.1, 0.15) is 0 Å². The molecule has 0 amide bonds. The van der Waals surface area contributed by atoms with Gasteiger partial charge in [0.25, 0.3) is 0 Å². The second-order valence-electron chi connectivity index (χ2n) is 13.2. The summed E-state index contributed by atoms with van der Waals surface area (Å²) >= 11 is 0. The molecule has 0 bridgehead atoms. The maximum atomic E-state index is 2.55. The third-order valence-electron chi connectivity index (χ3n) is 10.6. The summed E-state index contributed by atoms with van der Waals surface area (Å²) < 4.78 is 0. The molecular weight excluding hydrogens is 577 g/mol. The minimum Gasteiger partial charge on any atom is -0.0622 e. The van der Waals surface area contributed by atoms with Gasteiger partial charge in [-0.2, -0.15) is 0 Å². The van der Waals surface area contributed by atoms with Crippen molar-refractivity contribution in [3.05, 3.63) is 215 Å². The molecule has 0 heterocycles. The lowest BCUT2D eigenvalue weighted by molar-refractivity contribution is 0.982. The van der Waals surface area contributed by atoms with E-state index in [1.165, 1.54) is 88.7 Å². The Bertz CT molecular complexity index is 2500. The molecule has 0 spiro atoms. The van der Waals surface area contributed by atoms with Gasteiger partial charge < -0.3 is 0 Å². The van der Waals surface area contributed by atoms with Crippen molar-refractivity contribution in [1.82, 2.24) is 0 Å². The van der Waals surface area contributed by atoms with Gasteiger partial charge in [0.2, 0.25) is 0 Å². The predicted octanol–water partition coefficient (Wildman–Crippen LogP) is 12.5. The Morgan fingerprint density at radius 1 is 0.250 bits per heavy atom. The molecule has 0 saturated carbocycles. The maximum absolute atomic E-state index is 2.55. The van der Waals surface area contributed by atoms with Gasteiger partial charge in [-0.25, -0.2) is 0 Å². The standard InChI is InChI=1S/C48H32/c1-3-14-31(15-4-1)41-27-33-18-7-8-19-34(33)28-42(41)35-20-13-21-36(26-35)48-40-25-12-10-23-38(40)44-29-43-37-22-9-11-24-39(37)47(45(43)30-46(44)48)32-16-5-2-6-17-32/h1-30,47-48H.